The van der Waals surface area contributed by atoms with Crippen molar-refractivity contribution in [2.75, 3.05) is 0 Å². The summed E-state index contributed by atoms with van der Waals surface area (Å²) in [5, 5.41) is 8.97. The summed E-state index contributed by atoms with van der Waals surface area (Å²) in [7, 11) is 0. The van der Waals surface area contributed by atoms with Crippen molar-refractivity contribution >= 4 is 5.91 Å². The highest BCUT2D eigenvalue weighted by Gasteiger charge is 1.97. The average Bonchev–Trinajstić information content (AvgIpc) is 1.85. The van der Waals surface area contributed by atoms with E-state index >= 15 is 0 Å². The number of hydrogen-bond donors (Lipinski definition) is 2. The molecule has 0 saturated carbocycles. The Morgan fingerprint density at radius 3 is 2.82 bits per heavy atom. The van der Waals surface area contributed by atoms with Gasteiger partial charge in [-0.15, -0.1) is 0 Å². The lowest BCUT2D eigenvalue weighted by Crippen LogP contribution is -2.13. The van der Waals surface area contributed by atoms with Crippen molar-refractivity contribution in [1.82, 2.24) is 0 Å². The normalized spacial score (nSPS) is 9.45. The maximum atomic E-state index is 10.4. The predicted octanol–water partition coefficient (Wildman–Crippen LogP) is 0.420. The molecule has 3 N–H and O–H groups in total. The molecule has 0 radical (unpaired) electrons. The van der Waals surface area contributed by atoms with Crippen molar-refractivity contribution in [3.63, 3.8) is 0 Å². The average molecular weight is 151 g/mol. The Morgan fingerprint density at radius 2 is 2.27 bits per heavy atom. The number of nitrogens with two attached hydrogens (primary N) is 1. The number of amides is 1. The SMILES string of the molecule is NC(=O)Cc1cccc(O)c1. The first kappa shape index (κ1) is 7.60. The number of primary amides is 1. The number of hydrogen-bond acceptors (Lipinski definition) is 2. The summed E-state index contributed by atoms with van der Waals surface area (Å²) in [6, 6.07) is 6.48. The molecule has 3 nitrogen and oxygen atoms in total. The van der Waals surface area contributed by atoms with Gasteiger partial charge in [-0.1, -0.05) is 12.1 Å². The predicted molar refractivity (Wildman–Crippen MR) is 41.0 cm³/mol. The lowest BCUT2D eigenvalue weighted by Gasteiger charge is -1.96. The van der Waals surface area contributed by atoms with Crippen molar-refractivity contribution < 1.29 is 9.90 Å². The van der Waals surface area contributed by atoms with E-state index in [9.17, 15) is 4.79 Å². The van der Waals surface area contributed by atoms with Crippen molar-refractivity contribution in [3.05, 3.63) is 29.8 Å². The summed E-state index contributed by atoms with van der Waals surface area (Å²) in [6.07, 6.45) is 0.175. The Morgan fingerprint density at radius 1 is 1.55 bits per heavy atom. The van der Waals surface area contributed by atoms with Crippen molar-refractivity contribution in [2.24, 2.45) is 5.73 Å². The Labute approximate surface area is 64.5 Å². The van der Waals surface area contributed by atoms with Gasteiger partial charge >= 0.3 is 0 Å². The number of carbonyl (C=O) groups excluding carboxylic acids is 1. The molecule has 0 aromatic heterocycles. The third kappa shape index (κ3) is 2.29. The van der Waals surface area contributed by atoms with Gasteiger partial charge in [-0.05, 0) is 17.7 Å². The molecule has 0 heterocycles. The highest BCUT2D eigenvalue weighted by Crippen LogP contribution is 2.10. The van der Waals surface area contributed by atoms with Gasteiger partial charge in [0.1, 0.15) is 5.75 Å². The largest absolute Gasteiger partial charge is 0.508 e. The molecule has 0 aliphatic rings. The zero-order chi connectivity index (χ0) is 8.27. The van der Waals surface area contributed by atoms with E-state index in [0.717, 1.165) is 5.56 Å². The van der Waals surface area contributed by atoms with Crippen LogP contribution in [0.15, 0.2) is 24.3 Å². The third-order valence-corrected chi connectivity index (χ3v) is 1.29. The van der Waals surface area contributed by atoms with Crippen LogP contribution < -0.4 is 5.73 Å². The van der Waals surface area contributed by atoms with Crippen LogP contribution in [-0.2, 0) is 11.2 Å². The van der Waals surface area contributed by atoms with E-state index in [-0.39, 0.29) is 12.2 Å². The molecule has 0 fully saturated rings. The summed E-state index contributed by atoms with van der Waals surface area (Å²) >= 11 is 0. The molecule has 3 heteroatoms. The molecule has 0 bridgehead atoms. The number of benzene rings is 1. The minimum absolute atomic E-state index is 0.156. The molecule has 0 aliphatic carbocycles. The van der Waals surface area contributed by atoms with Gasteiger partial charge in [-0.25, -0.2) is 0 Å². The van der Waals surface area contributed by atoms with Gasteiger partial charge in [-0.2, -0.15) is 0 Å². The lowest BCUT2D eigenvalue weighted by atomic mass is 10.1. The summed E-state index contributed by atoms with van der Waals surface area (Å²) in [4.78, 5) is 10.4. The Balaban J connectivity index is 2.79. The van der Waals surface area contributed by atoms with Crippen LogP contribution in [0.1, 0.15) is 5.56 Å². The maximum absolute atomic E-state index is 10.4. The second kappa shape index (κ2) is 3.05. The smallest absolute Gasteiger partial charge is 0.221 e. The molecular formula is C8H9NO2. The molecule has 1 aromatic rings. The third-order valence-electron chi connectivity index (χ3n) is 1.29. The highest BCUT2D eigenvalue weighted by atomic mass is 16.3. The van der Waals surface area contributed by atoms with E-state index < -0.39 is 5.91 Å². The lowest BCUT2D eigenvalue weighted by molar-refractivity contribution is -0.117. The van der Waals surface area contributed by atoms with Gasteiger partial charge in [0.05, 0.1) is 6.42 Å². The Kier molecular flexibility index (Phi) is 2.11. The number of rotatable bonds is 2. The van der Waals surface area contributed by atoms with E-state index in [4.69, 9.17) is 10.8 Å². The Hall–Kier alpha value is -1.51. The van der Waals surface area contributed by atoms with E-state index in [2.05, 4.69) is 0 Å². The first-order valence-corrected chi connectivity index (χ1v) is 3.24. The van der Waals surface area contributed by atoms with Gasteiger partial charge in [0.25, 0.3) is 0 Å². The molecule has 0 unspecified atom stereocenters. The minimum Gasteiger partial charge on any atom is -0.508 e. The first-order valence-electron chi connectivity index (χ1n) is 3.24. The van der Waals surface area contributed by atoms with Gasteiger partial charge in [0, 0.05) is 0 Å². The van der Waals surface area contributed by atoms with Gasteiger partial charge in [0.2, 0.25) is 5.91 Å². The molecule has 0 spiro atoms. The van der Waals surface area contributed by atoms with Crippen LogP contribution in [0.25, 0.3) is 0 Å². The fourth-order valence-electron chi connectivity index (χ4n) is 0.868. The van der Waals surface area contributed by atoms with Crippen LogP contribution in [0.3, 0.4) is 0 Å². The van der Waals surface area contributed by atoms with Crippen molar-refractivity contribution in [2.45, 2.75) is 6.42 Å². The van der Waals surface area contributed by atoms with E-state index in [1.165, 1.54) is 6.07 Å². The zero-order valence-electron chi connectivity index (χ0n) is 5.95. The van der Waals surface area contributed by atoms with E-state index in [1.54, 1.807) is 18.2 Å². The molecule has 58 valence electrons. The second-order valence-electron chi connectivity index (χ2n) is 2.31. The van der Waals surface area contributed by atoms with Crippen LogP contribution in [0.2, 0.25) is 0 Å². The van der Waals surface area contributed by atoms with Crippen molar-refractivity contribution in [1.29, 1.82) is 0 Å². The zero-order valence-corrected chi connectivity index (χ0v) is 5.95. The summed E-state index contributed by atoms with van der Waals surface area (Å²) in [5.74, 6) is -0.237. The second-order valence-corrected chi connectivity index (χ2v) is 2.31. The molecule has 1 rings (SSSR count). The van der Waals surface area contributed by atoms with Crippen LogP contribution in [0.5, 0.6) is 5.75 Å². The Bertz CT molecular complexity index is 271. The van der Waals surface area contributed by atoms with Crippen LogP contribution in [0.4, 0.5) is 0 Å². The van der Waals surface area contributed by atoms with E-state index in [1.807, 2.05) is 0 Å². The molecule has 1 aromatic carbocycles. The standard InChI is InChI=1S/C8H9NO2/c9-8(11)5-6-2-1-3-7(10)4-6/h1-4,10H,5H2,(H2,9,11). The summed E-state index contributed by atoms with van der Waals surface area (Å²) < 4.78 is 0. The topological polar surface area (TPSA) is 63.3 Å². The molecule has 11 heavy (non-hydrogen) atoms. The summed E-state index contributed by atoms with van der Waals surface area (Å²) in [6.45, 7) is 0. The quantitative estimate of drug-likeness (QED) is 0.643. The first-order chi connectivity index (χ1) is 5.18. The van der Waals surface area contributed by atoms with Gasteiger partial charge in [0.15, 0.2) is 0 Å². The highest BCUT2D eigenvalue weighted by molar-refractivity contribution is 5.76. The molecule has 1 amide bonds. The molecule has 0 saturated heterocycles. The number of phenolic OH excluding ortho intramolecular Hbond substituents is 1. The molecule has 0 atom stereocenters. The van der Waals surface area contributed by atoms with E-state index in [0.29, 0.717) is 0 Å². The molecule has 0 aliphatic heterocycles. The molecular weight excluding hydrogens is 142 g/mol. The number of carbonyl (C=O) groups is 1. The minimum atomic E-state index is -0.393. The van der Waals surface area contributed by atoms with Crippen molar-refractivity contribution in [3.8, 4) is 5.75 Å². The fraction of sp³-hybridized carbons (Fsp3) is 0.125. The maximum Gasteiger partial charge on any atom is 0.221 e. The number of aromatic hydroxyl groups is 1. The van der Waals surface area contributed by atoms with Crippen LogP contribution in [0, 0.1) is 0 Å². The van der Waals surface area contributed by atoms with Crippen LogP contribution in [-0.4, -0.2) is 11.0 Å². The fourth-order valence-corrected chi connectivity index (χ4v) is 0.868. The van der Waals surface area contributed by atoms with Gasteiger partial charge < -0.3 is 10.8 Å². The summed E-state index contributed by atoms with van der Waals surface area (Å²) in [5.41, 5.74) is 5.69. The monoisotopic (exact) mass is 151 g/mol. The van der Waals surface area contributed by atoms with Crippen LogP contribution >= 0.6 is 0 Å². The van der Waals surface area contributed by atoms with Gasteiger partial charge in [-0.3, -0.25) is 4.79 Å². The number of phenols is 1.